The molecule has 0 bridgehead atoms. The van der Waals surface area contributed by atoms with Crippen LogP contribution in [0.15, 0.2) is 11.6 Å². The van der Waals surface area contributed by atoms with Gasteiger partial charge in [-0.2, -0.15) is 0 Å². The number of hydrogen-bond donors (Lipinski definition) is 3. The molecule has 0 radical (unpaired) electrons. The molecular formula is C16H24O7. The molecule has 7 nitrogen and oxygen atoms in total. The second-order valence-corrected chi connectivity index (χ2v) is 6.64. The molecule has 2 aliphatic heterocycles. The van der Waals surface area contributed by atoms with E-state index in [1.807, 2.05) is 6.92 Å². The zero-order valence-corrected chi connectivity index (χ0v) is 13.1. The summed E-state index contributed by atoms with van der Waals surface area (Å²) in [5.41, 5.74) is 1.04. The number of rotatable bonds is 3. The Morgan fingerprint density at radius 3 is 2.78 bits per heavy atom. The smallest absolute Gasteiger partial charge is 0.330 e. The Labute approximate surface area is 134 Å². The molecule has 0 amide bonds. The average Bonchev–Trinajstić information content (AvgIpc) is 2.49. The number of aliphatic hydroxyl groups excluding tert-OH is 3. The molecule has 2 fully saturated rings. The third-order valence-corrected chi connectivity index (χ3v) is 4.98. The maximum atomic E-state index is 11.5. The number of ether oxygens (including phenoxy) is 3. The van der Waals surface area contributed by atoms with Crippen molar-refractivity contribution in [2.75, 3.05) is 6.61 Å². The van der Waals surface area contributed by atoms with Crippen LogP contribution in [0.3, 0.4) is 0 Å². The van der Waals surface area contributed by atoms with Crippen molar-refractivity contribution >= 4 is 5.97 Å². The fourth-order valence-electron chi connectivity index (χ4n) is 3.68. The summed E-state index contributed by atoms with van der Waals surface area (Å²) in [4.78, 5) is 11.5. The molecule has 1 aliphatic carbocycles. The monoisotopic (exact) mass is 328 g/mol. The predicted molar refractivity (Wildman–Crippen MR) is 78.2 cm³/mol. The minimum absolute atomic E-state index is 0.103. The van der Waals surface area contributed by atoms with Gasteiger partial charge in [-0.1, -0.05) is 5.57 Å². The van der Waals surface area contributed by atoms with Crippen LogP contribution in [0.4, 0.5) is 0 Å². The molecule has 0 spiro atoms. The fourth-order valence-corrected chi connectivity index (χ4v) is 3.68. The molecule has 0 aromatic carbocycles. The van der Waals surface area contributed by atoms with E-state index in [1.54, 1.807) is 6.08 Å². The van der Waals surface area contributed by atoms with Gasteiger partial charge in [-0.3, -0.25) is 0 Å². The minimum atomic E-state index is -0.943. The van der Waals surface area contributed by atoms with Crippen molar-refractivity contribution < 1.29 is 34.3 Å². The van der Waals surface area contributed by atoms with Crippen molar-refractivity contribution in [1.82, 2.24) is 0 Å². The van der Waals surface area contributed by atoms with E-state index in [2.05, 4.69) is 0 Å². The van der Waals surface area contributed by atoms with Crippen LogP contribution >= 0.6 is 0 Å². The average molecular weight is 328 g/mol. The third kappa shape index (κ3) is 3.59. The molecular weight excluding hydrogens is 304 g/mol. The van der Waals surface area contributed by atoms with Gasteiger partial charge in [-0.05, 0) is 19.8 Å². The normalized spacial score (nSPS) is 44.3. The van der Waals surface area contributed by atoms with Crippen LogP contribution in [-0.4, -0.2) is 64.7 Å². The zero-order chi connectivity index (χ0) is 16.6. The molecule has 0 aromatic heterocycles. The van der Waals surface area contributed by atoms with Gasteiger partial charge in [0.15, 0.2) is 6.29 Å². The van der Waals surface area contributed by atoms with E-state index in [0.29, 0.717) is 6.42 Å². The Kier molecular flexibility index (Phi) is 5.03. The van der Waals surface area contributed by atoms with Crippen LogP contribution in [0.5, 0.6) is 0 Å². The highest BCUT2D eigenvalue weighted by Crippen LogP contribution is 2.37. The van der Waals surface area contributed by atoms with Gasteiger partial charge in [0, 0.05) is 24.8 Å². The molecule has 3 unspecified atom stereocenters. The fraction of sp³-hybridized carbons (Fsp3) is 0.812. The maximum Gasteiger partial charge on any atom is 0.330 e. The summed E-state index contributed by atoms with van der Waals surface area (Å²) in [6.07, 6.45) is -0.0438. The quantitative estimate of drug-likeness (QED) is 0.620. The highest BCUT2D eigenvalue weighted by molar-refractivity contribution is 5.84. The first kappa shape index (κ1) is 16.9. The van der Waals surface area contributed by atoms with Crippen LogP contribution in [0.2, 0.25) is 0 Å². The van der Waals surface area contributed by atoms with E-state index in [9.17, 15) is 20.1 Å². The third-order valence-electron chi connectivity index (χ3n) is 4.98. The first-order valence-corrected chi connectivity index (χ1v) is 8.14. The number of aliphatic hydroxyl groups is 3. The van der Waals surface area contributed by atoms with Gasteiger partial charge in [-0.15, -0.1) is 0 Å². The number of esters is 1. The molecule has 2 heterocycles. The molecule has 3 N–H and O–H groups in total. The number of carbonyl (C=O) groups excluding carboxylic acids is 1. The Balaban J connectivity index is 1.59. The predicted octanol–water partition coefficient (Wildman–Crippen LogP) is -0.128. The molecule has 7 heteroatoms. The van der Waals surface area contributed by atoms with Gasteiger partial charge in [0.1, 0.15) is 18.3 Å². The van der Waals surface area contributed by atoms with Gasteiger partial charge in [-0.25, -0.2) is 4.79 Å². The van der Waals surface area contributed by atoms with Crippen LogP contribution < -0.4 is 0 Å². The van der Waals surface area contributed by atoms with Crippen molar-refractivity contribution in [3.8, 4) is 0 Å². The van der Waals surface area contributed by atoms with E-state index >= 15 is 0 Å². The lowest BCUT2D eigenvalue weighted by molar-refractivity contribution is -0.288. The van der Waals surface area contributed by atoms with Crippen molar-refractivity contribution in [3.05, 3.63) is 11.6 Å². The minimum Gasteiger partial charge on any atom is -0.458 e. The first-order chi connectivity index (χ1) is 11.0. The van der Waals surface area contributed by atoms with Crippen molar-refractivity contribution in [3.63, 3.8) is 0 Å². The summed E-state index contributed by atoms with van der Waals surface area (Å²) in [5, 5.41) is 28.9. The molecule has 7 atom stereocenters. The summed E-state index contributed by atoms with van der Waals surface area (Å²) < 4.78 is 16.7. The summed E-state index contributed by atoms with van der Waals surface area (Å²) >= 11 is 0. The maximum absolute atomic E-state index is 11.5. The lowest BCUT2D eigenvalue weighted by Crippen LogP contribution is -2.51. The number of carbonyl (C=O) groups is 1. The Morgan fingerprint density at radius 1 is 1.26 bits per heavy atom. The SMILES string of the molecule is CC1=CC(=O)OC2CC(O[C@@H]3O[C@H](CO)[C@H](O)C[C@H]3O)CCC12. The number of hydrogen-bond acceptors (Lipinski definition) is 7. The molecule has 0 aromatic rings. The summed E-state index contributed by atoms with van der Waals surface area (Å²) in [5.74, 6) is -0.0846. The van der Waals surface area contributed by atoms with E-state index in [1.165, 1.54) is 0 Å². The molecule has 1 saturated carbocycles. The molecule has 130 valence electrons. The van der Waals surface area contributed by atoms with Crippen LogP contribution in [0, 0.1) is 5.92 Å². The van der Waals surface area contributed by atoms with Gasteiger partial charge in [0.2, 0.25) is 0 Å². The second-order valence-electron chi connectivity index (χ2n) is 6.64. The Hall–Kier alpha value is -0.990. The van der Waals surface area contributed by atoms with Gasteiger partial charge >= 0.3 is 5.97 Å². The first-order valence-electron chi connectivity index (χ1n) is 8.14. The van der Waals surface area contributed by atoms with Crippen LogP contribution in [0.25, 0.3) is 0 Å². The van der Waals surface area contributed by atoms with Crippen LogP contribution in [0.1, 0.15) is 32.6 Å². The topological polar surface area (TPSA) is 105 Å². The van der Waals surface area contributed by atoms with Crippen molar-refractivity contribution in [1.29, 1.82) is 0 Å². The Morgan fingerprint density at radius 2 is 2.04 bits per heavy atom. The number of fused-ring (bicyclic) bond motifs is 1. The molecule has 3 rings (SSSR count). The van der Waals surface area contributed by atoms with Gasteiger partial charge < -0.3 is 29.5 Å². The van der Waals surface area contributed by atoms with E-state index < -0.39 is 24.6 Å². The van der Waals surface area contributed by atoms with Crippen molar-refractivity contribution in [2.45, 2.75) is 69.4 Å². The van der Waals surface area contributed by atoms with E-state index in [-0.39, 0.29) is 37.1 Å². The Bertz CT molecular complexity index is 477. The molecule has 23 heavy (non-hydrogen) atoms. The highest BCUT2D eigenvalue weighted by Gasteiger charge is 2.41. The second kappa shape index (κ2) is 6.86. The van der Waals surface area contributed by atoms with E-state index in [0.717, 1.165) is 18.4 Å². The summed E-state index contributed by atoms with van der Waals surface area (Å²) in [6.45, 7) is 1.62. The van der Waals surface area contributed by atoms with Crippen LogP contribution in [-0.2, 0) is 19.0 Å². The lowest BCUT2D eigenvalue weighted by atomic mass is 9.79. The largest absolute Gasteiger partial charge is 0.458 e. The van der Waals surface area contributed by atoms with Crippen molar-refractivity contribution in [2.24, 2.45) is 5.92 Å². The standard InChI is InChI=1S/C16H24O7/c1-8-4-15(20)22-13-5-9(2-3-10(8)13)21-16-12(19)6-11(18)14(7-17)23-16/h4,9-14,16-19H,2-3,5-7H2,1H3/t9?,10?,11-,12-,13?,14-,16-/m1/s1. The van der Waals surface area contributed by atoms with Gasteiger partial charge in [0.25, 0.3) is 0 Å². The van der Waals surface area contributed by atoms with E-state index in [4.69, 9.17) is 14.2 Å². The molecule has 1 saturated heterocycles. The molecule has 3 aliphatic rings. The summed E-state index contributed by atoms with van der Waals surface area (Å²) in [6, 6.07) is 0. The summed E-state index contributed by atoms with van der Waals surface area (Å²) in [7, 11) is 0. The highest BCUT2D eigenvalue weighted by atomic mass is 16.7. The zero-order valence-electron chi connectivity index (χ0n) is 13.1. The van der Waals surface area contributed by atoms with Gasteiger partial charge in [0.05, 0.1) is 18.8 Å². The lowest BCUT2D eigenvalue weighted by Gasteiger charge is -2.42.